The number of anilines is 2. The van der Waals surface area contributed by atoms with Gasteiger partial charge in [-0.05, 0) is 49.4 Å². The highest BCUT2D eigenvalue weighted by Crippen LogP contribution is 2.38. The molecule has 1 heterocycles. The zero-order valence-electron chi connectivity index (χ0n) is 11.6. The summed E-state index contributed by atoms with van der Waals surface area (Å²) >= 11 is 0. The number of nitrogens with one attached hydrogen (secondary N) is 2. The first-order chi connectivity index (χ1) is 9.17. The molecule has 0 unspecified atom stereocenters. The Morgan fingerprint density at radius 2 is 2.05 bits per heavy atom. The summed E-state index contributed by atoms with van der Waals surface area (Å²) in [7, 11) is 0. The van der Waals surface area contributed by atoms with E-state index in [1.165, 1.54) is 30.5 Å². The normalized spacial score (nSPS) is 20.5. The summed E-state index contributed by atoms with van der Waals surface area (Å²) in [6.07, 6.45) is 6.66. The van der Waals surface area contributed by atoms with Gasteiger partial charge >= 0.3 is 0 Å². The molecule has 0 spiro atoms. The molecule has 1 aliphatic carbocycles. The second-order valence-electron chi connectivity index (χ2n) is 6.12. The van der Waals surface area contributed by atoms with E-state index in [4.69, 9.17) is 0 Å². The largest absolute Gasteiger partial charge is 0.385 e. The summed E-state index contributed by atoms with van der Waals surface area (Å²) < 4.78 is 0. The minimum Gasteiger partial charge on any atom is -0.385 e. The van der Waals surface area contributed by atoms with Crippen molar-refractivity contribution in [2.45, 2.75) is 45.4 Å². The van der Waals surface area contributed by atoms with Crippen molar-refractivity contribution in [2.75, 3.05) is 17.2 Å². The molecule has 102 valence electrons. The minimum absolute atomic E-state index is 0.159. The zero-order valence-corrected chi connectivity index (χ0v) is 11.6. The van der Waals surface area contributed by atoms with Gasteiger partial charge in [0.25, 0.3) is 0 Å². The van der Waals surface area contributed by atoms with E-state index in [2.05, 4.69) is 29.7 Å². The van der Waals surface area contributed by atoms with Gasteiger partial charge < -0.3 is 10.6 Å². The Hall–Kier alpha value is -1.51. The first kappa shape index (κ1) is 12.5. The Morgan fingerprint density at radius 1 is 1.26 bits per heavy atom. The van der Waals surface area contributed by atoms with Crippen molar-refractivity contribution in [2.24, 2.45) is 5.41 Å². The molecule has 1 aliphatic heterocycles. The predicted octanol–water partition coefficient (Wildman–Crippen LogP) is 3.56. The maximum absolute atomic E-state index is 12.4. The lowest BCUT2D eigenvalue weighted by atomic mass is 9.87. The second kappa shape index (κ2) is 4.87. The summed E-state index contributed by atoms with van der Waals surface area (Å²) in [6.45, 7) is 3.14. The highest BCUT2D eigenvalue weighted by Gasteiger charge is 2.36. The first-order valence-corrected chi connectivity index (χ1v) is 7.36. The van der Waals surface area contributed by atoms with Gasteiger partial charge in [-0.25, -0.2) is 0 Å². The van der Waals surface area contributed by atoms with E-state index in [0.29, 0.717) is 0 Å². The predicted molar refractivity (Wildman–Crippen MR) is 78.5 cm³/mol. The van der Waals surface area contributed by atoms with Crippen molar-refractivity contribution in [1.29, 1.82) is 0 Å². The van der Waals surface area contributed by atoms with Crippen LogP contribution in [0.4, 0.5) is 11.4 Å². The molecule has 3 rings (SSSR count). The van der Waals surface area contributed by atoms with Gasteiger partial charge in [0.15, 0.2) is 0 Å². The van der Waals surface area contributed by atoms with Crippen LogP contribution in [0.5, 0.6) is 0 Å². The lowest BCUT2D eigenvalue weighted by Crippen LogP contribution is -2.30. The van der Waals surface area contributed by atoms with Crippen molar-refractivity contribution in [3.8, 4) is 0 Å². The van der Waals surface area contributed by atoms with E-state index in [-0.39, 0.29) is 11.3 Å². The van der Waals surface area contributed by atoms with Crippen LogP contribution < -0.4 is 10.6 Å². The van der Waals surface area contributed by atoms with Crippen LogP contribution in [-0.2, 0) is 11.2 Å². The summed E-state index contributed by atoms with van der Waals surface area (Å²) in [5.41, 5.74) is 3.33. The van der Waals surface area contributed by atoms with Crippen LogP contribution in [0.3, 0.4) is 0 Å². The van der Waals surface area contributed by atoms with Crippen molar-refractivity contribution >= 4 is 17.3 Å². The Labute approximate surface area is 114 Å². The van der Waals surface area contributed by atoms with Crippen LogP contribution in [0.2, 0.25) is 0 Å². The molecular formula is C16H22N2O. The molecule has 19 heavy (non-hydrogen) atoms. The third-order valence-corrected chi connectivity index (χ3v) is 4.56. The zero-order chi connectivity index (χ0) is 13.3. The molecule has 0 aromatic heterocycles. The van der Waals surface area contributed by atoms with Crippen molar-refractivity contribution in [3.05, 3.63) is 23.8 Å². The van der Waals surface area contributed by atoms with Crippen LogP contribution in [0, 0.1) is 5.41 Å². The number of hydrogen-bond donors (Lipinski definition) is 2. The van der Waals surface area contributed by atoms with E-state index in [0.717, 1.165) is 31.5 Å². The van der Waals surface area contributed by atoms with Gasteiger partial charge in [0.05, 0.1) is 0 Å². The van der Waals surface area contributed by atoms with Gasteiger partial charge in [-0.15, -0.1) is 0 Å². The van der Waals surface area contributed by atoms with E-state index in [1.54, 1.807) is 0 Å². The molecule has 1 saturated carbocycles. The molecule has 0 atom stereocenters. The van der Waals surface area contributed by atoms with Gasteiger partial charge in [0.2, 0.25) is 5.91 Å². The van der Waals surface area contributed by atoms with Crippen molar-refractivity contribution in [3.63, 3.8) is 0 Å². The highest BCUT2D eigenvalue weighted by molar-refractivity contribution is 5.95. The van der Waals surface area contributed by atoms with Crippen LogP contribution >= 0.6 is 0 Å². The summed E-state index contributed by atoms with van der Waals surface area (Å²) in [6, 6.07) is 6.21. The summed E-state index contributed by atoms with van der Waals surface area (Å²) in [5.74, 6) is 0.189. The lowest BCUT2D eigenvalue weighted by Gasteiger charge is -2.23. The number of benzene rings is 1. The number of carbonyl (C=O) groups excluding carboxylic acids is 1. The molecule has 3 heteroatoms. The molecule has 3 nitrogen and oxygen atoms in total. The molecule has 1 aromatic rings. The van der Waals surface area contributed by atoms with E-state index in [1.807, 2.05) is 6.07 Å². The van der Waals surface area contributed by atoms with Gasteiger partial charge in [-0.1, -0.05) is 19.8 Å². The highest BCUT2D eigenvalue weighted by atomic mass is 16.2. The van der Waals surface area contributed by atoms with E-state index in [9.17, 15) is 4.79 Å². The molecule has 1 fully saturated rings. The number of rotatable bonds is 2. The van der Waals surface area contributed by atoms with Crippen LogP contribution in [0.15, 0.2) is 18.2 Å². The minimum atomic E-state index is -0.159. The van der Waals surface area contributed by atoms with Gasteiger partial charge in [0, 0.05) is 23.3 Å². The molecule has 2 aliphatic rings. The molecule has 2 N–H and O–H groups in total. The fraction of sp³-hybridized carbons (Fsp3) is 0.562. The standard InChI is InChI=1S/C16H22N2O/c1-16(8-2-3-9-16)15(19)18-13-6-7-14-12(11-13)5-4-10-17-14/h6-7,11,17H,2-5,8-10H2,1H3,(H,18,19). The maximum Gasteiger partial charge on any atom is 0.230 e. The van der Waals surface area contributed by atoms with Crippen molar-refractivity contribution < 1.29 is 4.79 Å². The SMILES string of the molecule is CC1(C(=O)Nc2ccc3c(c2)CCCN3)CCCC1. The number of fused-ring (bicyclic) bond motifs is 1. The van der Waals surface area contributed by atoms with Gasteiger partial charge in [-0.3, -0.25) is 4.79 Å². The maximum atomic E-state index is 12.4. The quantitative estimate of drug-likeness (QED) is 0.851. The Balaban J connectivity index is 1.74. The summed E-state index contributed by atoms with van der Waals surface area (Å²) in [5, 5.41) is 6.50. The Bertz CT molecular complexity index is 490. The molecular weight excluding hydrogens is 236 g/mol. The van der Waals surface area contributed by atoms with Crippen molar-refractivity contribution in [1.82, 2.24) is 0 Å². The summed E-state index contributed by atoms with van der Waals surface area (Å²) in [4.78, 5) is 12.4. The van der Waals surface area contributed by atoms with Crippen LogP contribution in [-0.4, -0.2) is 12.5 Å². The molecule has 0 bridgehead atoms. The fourth-order valence-electron chi connectivity index (χ4n) is 3.22. The Kier molecular flexibility index (Phi) is 3.21. The van der Waals surface area contributed by atoms with Crippen LogP contribution in [0.25, 0.3) is 0 Å². The monoisotopic (exact) mass is 258 g/mol. The lowest BCUT2D eigenvalue weighted by molar-refractivity contribution is -0.124. The molecule has 0 radical (unpaired) electrons. The second-order valence-corrected chi connectivity index (χ2v) is 6.12. The number of hydrogen-bond acceptors (Lipinski definition) is 2. The van der Waals surface area contributed by atoms with E-state index >= 15 is 0 Å². The van der Waals surface area contributed by atoms with Gasteiger partial charge in [-0.2, -0.15) is 0 Å². The van der Waals surface area contributed by atoms with E-state index < -0.39 is 0 Å². The Morgan fingerprint density at radius 3 is 2.84 bits per heavy atom. The fourth-order valence-corrected chi connectivity index (χ4v) is 3.22. The third kappa shape index (κ3) is 2.46. The smallest absolute Gasteiger partial charge is 0.230 e. The number of amides is 1. The molecule has 0 saturated heterocycles. The third-order valence-electron chi connectivity index (χ3n) is 4.56. The first-order valence-electron chi connectivity index (χ1n) is 7.36. The average molecular weight is 258 g/mol. The number of carbonyl (C=O) groups is 1. The number of aryl methyl sites for hydroxylation is 1. The van der Waals surface area contributed by atoms with Gasteiger partial charge in [0.1, 0.15) is 0 Å². The topological polar surface area (TPSA) is 41.1 Å². The molecule has 1 amide bonds. The molecule has 1 aromatic carbocycles. The average Bonchev–Trinajstić information content (AvgIpc) is 2.87. The van der Waals surface area contributed by atoms with Crippen LogP contribution in [0.1, 0.15) is 44.6 Å².